The van der Waals surface area contributed by atoms with Crippen LogP contribution in [0.15, 0.2) is 47.2 Å². The summed E-state index contributed by atoms with van der Waals surface area (Å²) >= 11 is 0. The molecule has 1 aromatic carbocycles. The number of benzene rings is 1. The van der Waals surface area contributed by atoms with E-state index in [1.165, 1.54) is 5.56 Å². The highest BCUT2D eigenvalue weighted by atomic mass is 16.5. The lowest BCUT2D eigenvalue weighted by atomic mass is 10.1. The fraction of sp³-hybridized carbons (Fsp3) is 0.312. The van der Waals surface area contributed by atoms with Gasteiger partial charge in [-0.1, -0.05) is 17.3 Å². The van der Waals surface area contributed by atoms with Crippen LogP contribution in [-0.4, -0.2) is 33.0 Å². The highest BCUT2D eigenvalue weighted by Gasteiger charge is 2.11. The highest BCUT2D eigenvalue weighted by molar-refractivity contribution is 5.53. The first-order chi connectivity index (χ1) is 10.7. The van der Waals surface area contributed by atoms with Gasteiger partial charge in [-0.15, -0.1) is 0 Å². The summed E-state index contributed by atoms with van der Waals surface area (Å²) in [4.78, 5) is 4.44. The van der Waals surface area contributed by atoms with Crippen molar-refractivity contribution in [3.8, 4) is 11.5 Å². The summed E-state index contributed by atoms with van der Waals surface area (Å²) in [7, 11) is 1.92. The third-order valence-electron chi connectivity index (χ3n) is 3.55. The van der Waals surface area contributed by atoms with Crippen molar-refractivity contribution in [3.05, 3.63) is 54.1 Å². The van der Waals surface area contributed by atoms with Crippen molar-refractivity contribution in [2.75, 3.05) is 7.05 Å². The molecule has 0 bridgehead atoms. The number of hydrogen-bond donors (Lipinski definition) is 1. The van der Waals surface area contributed by atoms with E-state index < -0.39 is 0 Å². The molecule has 0 aliphatic heterocycles. The predicted molar refractivity (Wildman–Crippen MR) is 83.3 cm³/mol. The number of rotatable bonds is 6. The van der Waals surface area contributed by atoms with Crippen LogP contribution in [0.25, 0.3) is 11.5 Å². The Balaban J connectivity index is 1.70. The first kappa shape index (κ1) is 14.5. The number of nitrogens with zero attached hydrogens (tertiary/aromatic N) is 4. The number of likely N-dealkylation sites (N-methyl/N-ethyl adjacent to an activating group) is 1. The third kappa shape index (κ3) is 3.40. The summed E-state index contributed by atoms with van der Waals surface area (Å²) in [6.45, 7) is 2.84. The van der Waals surface area contributed by atoms with Crippen molar-refractivity contribution >= 4 is 0 Å². The van der Waals surface area contributed by atoms with E-state index in [1.807, 2.05) is 36.1 Å². The minimum Gasteiger partial charge on any atom is -0.334 e. The largest absolute Gasteiger partial charge is 0.334 e. The van der Waals surface area contributed by atoms with Gasteiger partial charge >= 0.3 is 0 Å². The molecule has 114 valence electrons. The van der Waals surface area contributed by atoms with Crippen molar-refractivity contribution < 1.29 is 4.52 Å². The molecule has 22 heavy (non-hydrogen) atoms. The van der Waals surface area contributed by atoms with E-state index in [2.05, 4.69) is 39.6 Å². The molecule has 1 N–H and O–H groups in total. The first-order valence-corrected chi connectivity index (χ1v) is 7.31. The van der Waals surface area contributed by atoms with Crippen LogP contribution in [0.5, 0.6) is 0 Å². The van der Waals surface area contributed by atoms with Gasteiger partial charge in [0, 0.05) is 30.4 Å². The van der Waals surface area contributed by atoms with Crippen LogP contribution in [0.2, 0.25) is 0 Å². The molecule has 0 amide bonds. The minimum absolute atomic E-state index is 0.321. The molecule has 1 unspecified atom stereocenters. The fourth-order valence-electron chi connectivity index (χ4n) is 2.16. The Bertz CT molecular complexity index is 702. The Kier molecular flexibility index (Phi) is 4.29. The van der Waals surface area contributed by atoms with E-state index in [0.29, 0.717) is 11.9 Å². The molecular formula is C16H19N5O. The standard InChI is InChI=1S/C16H19N5O/c1-12(17-2)10-15-19-16(22-20-15)14-6-4-13(5-7-14)11-21-9-3-8-18-21/h3-9,12,17H,10-11H2,1-2H3. The van der Waals surface area contributed by atoms with Crippen LogP contribution in [0.1, 0.15) is 18.3 Å². The van der Waals surface area contributed by atoms with Crippen LogP contribution < -0.4 is 5.32 Å². The second kappa shape index (κ2) is 6.53. The second-order valence-corrected chi connectivity index (χ2v) is 5.31. The molecule has 3 rings (SSSR count). The van der Waals surface area contributed by atoms with E-state index >= 15 is 0 Å². The summed E-state index contributed by atoms with van der Waals surface area (Å²) in [5, 5.41) is 11.4. The van der Waals surface area contributed by atoms with Crippen molar-refractivity contribution in [3.63, 3.8) is 0 Å². The van der Waals surface area contributed by atoms with Crippen molar-refractivity contribution in [1.82, 2.24) is 25.2 Å². The molecule has 6 nitrogen and oxygen atoms in total. The smallest absolute Gasteiger partial charge is 0.257 e. The number of nitrogens with one attached hydrogen (secondary N) is 1. The summed E-state index contributed by atoms with van der Waals surface area (Å²) in [6.07, 6.45) is 4.47. The van der Waals surface area contributed by atoms with Crippen LogP contribution in [0.3, 0.4) is 0 Å². The van der Waals surface area contributed by atoms with Gasteiger partial charge < -0.3 is 9.84 Å². The zero-order valence-corrected chi connectivity index (χ0v) is 12.7. The molecule has 0 radical (unpaired) electrons. The average molecular weight is 297 g/mol. The van der Waals surface area contributed by atoms with Crippen LogP contribution in [0, 0.1) is 0 Å². The Labute approximate surface area is 129 Å². The van der Waals surface area contributed by atoms with Crippen molar-refractivity contribution in [2.45, 2.75) is 25.9 Å². The van der Waals surface area contributed by atoms with Gasteiger partial charge in [0.25, 0.3) is 5.89 Å². The second-order valence-electron chi connectivity index (χ2n) is 5.31. The molecule has 0 spiro atoms. The summed E-state index contributed by atoms with van der Waals surface area (Å²) < 4.78 is 7.22. The van der Waals surface area contributed by atoms with E-state index in [1.54, 1.807) is 6.20 Å². The zero-order valence-electron chi connectivity index (χ0n) is 12.7. The maximum atomic E-state index is 5.34. The molecule has 0 saturated carbocycles. The molecule has 3 aromatic rings. The lowest BCUT2D eigenvalue weighted by Crippen LogP contribution is -2.24. The maximum Gasteiger partial charge on any atom is 0.257 e. The molecule has 1 atom stereocenters. The highest BCUT2D eigenvalue weighted by Crippen LogP contribution is 2.18. The van der Waals surface area contributed by atoms with Gasteiger partial charge in [-0.2, -0.15) is 10.1 Å². The molecule has 6 heteroatoms. The SMILES string of the molecule is CNC(C)Cc1noc(-c2ccc(Cn3cccn3)cc2)n1. The summed E-state index contributed by atoms with van der Waals surface area (Å²) in [5.74, 6) is 1.28. The number of hydrogen-bond acceptors (Lipinski definition) is 5. The Morgan fingerprint density at radius 2 is 2.09 bits per heavy atom. The first-order valence-electron chi connectivity index (χ1n) is 7.31. The van der Waals surface area contributed by atoms with E-state index in [4.69, 9.17) is 4.52 Å². The normalized spacial score (nSPS) is 12.5. The Hall–Kier alpha value is -2.47. The Morgan fingerprint density at radius 3 is 2.77 bits per heavy atom. The lowest BCUT2D eigenvalue weighted by Gasteiger charge is -2.04. The van der Waals surface area contributed by atoms with Crippen molar-refractivity contribution in [2.24, 2.45) is 0 Å². The lowest BCUT2D eigenvalue weighted by molar-refractivity contribution is 0.418. The molecule has 0 fully saturated rings. The van der Waals surface area contributed by atoms with Crippen LogP contribution >= 0.6 is 0 Å². The van der Waals surface area contributed by atoms with Gasteiger partial charge in [0.2, 0.25) is 0 Å². The van der Waals surface area contributed by atoms with Gasteiger partial charge in [0.15, 0.2) is 5.82 Å². The van der Waals surface area contributed by atoms with Crippen molar-refractivity contribution in [1.29, 1.82) is 0 Å². The molecule has 0 aliphatic carbocycles. The quantitative estimate of drug-likeness (QED) is 0.755. The van der Waals surface area contributed by atoms with E-state index in [0.717, 1.165) is 24.4 Å². The molecular weight excluding hydrogens is 278 g/mol. The monoisotopic (exact) mass is 297 g/mol. The van der Waals surface area contributed by atoms with Gasteiger partial charge in [-0.05, 0) is 37.7 Å². The van der Waals surface area contributed by atoms with E-state index in [-0.39, 0.29) is 0 Å². The third-order valence-corrected chi connectivity index (χ3v) is 3.55. The predicted octanol–water partition coefficient (Wildman–Crippen LogP) is 2.13. The number of aromatic nitrogens is 4. The topological polar surface area (TPSA) is 68.8 Å². The van der Waals surface area contributed by atoms with Crippen LogP contribution in [0.4, 0.5) is 0 Å². The molecule has 0 saturated heterocycles. The van der Waals surface area contributed by atoms with Gasteiger partial charge in [-0.25, -0.2) is 0 Å². The maximum absolute atomic E-state index is 5.34. The van der Waals surface area contributed by atoms with Gasteiger partial charge in [0.05, 0.1) is 6.54 Å². The van der Waals surface area contributed by atoms with Crippen LogP contribution in [-0.2, 0) is 13.0 Å². The summed E-state index contributed by atoms with van der Waals surface area (Å²) in [6, 6.07) is 10.3. The Morgan fingerprint density at radius 1 is 1.27 bits per heavy atom. The zero-order chi connectivity index (χ0) is 15.4. The van der Waals surface area contributed by atoms with E-state index in [9.17, 15) is 0 Å². The molecule has 2 aromatic heterocycles. The van der Waals surface area contributed by atoms with Gasteiger partial charge in [0.1, 0.15) is 0 Å². The van der Waals surface area contributed by atoms with Gasteiger partial charge in [-0.3, -0.25) is 4.68 Å². The molecule has 0 aliphatic rings. The minimum atomic E-state index is 0.321. The molecule has 2 heterocycles. The fourth-order valence-corrected chi connectivity index (χ4v) is 2.16. The average Bonchev–Trinajstić information content (AvgIpc) is 3.20. The summed E-state index contributed by atoms with van der Waals surface area (Å²) in [5.41, 5.74) is 2.11.